The van der Waals surface area contributed by atoms with Crippen LogP contribution >= 0.6 is 0 Å². The molecule has 1 aliphatic rings. The van der Waals surface area contributed by atoms with Crippen LogP contribution in [0.4, 0.5) is 0 Å². The number of hydrogen-bond acceptors (Lipinski definition) is 5. The van der Waals surface area contributed by atoms with Crippen molar-refractivity contribution in [3.05, 3.63) is 71.3 Å². The van der Waals surface area contributed by atoms with E-state index in [0.717, 1.165) is 12.0 Å². The molecule has 1 saturated heterocycles. The number of likely N-dealkylation sites (N-methyl/N-ethyl adjacent to an activating group) is 1. The largest absolute Gasteiger partial charge is 0.507 e. The molecule has 1 heterocycles. The van der Waals surface area contributed by atoms with Gasteiger partial charge in [0.05, 0.1) is 18.2 Å². The highest BCUT2D eigenvalue weighted by Gasteiger charge is 2.46. The molecule has 1 atom stereocenters. The fourth-order valence-electron chi connectivity index (χ4n) is 3.70. The third-order valence-corrected chi connectivity index (χ3v) is 5.51. The van der Waals surface area contributed by atoms with Gasteiger partial charge in [0.2, 0.25) is 0 Å². The van der Waals surface area contributed by atoms with Gasteiger partial charge in [-0.25, -0.2) is 0 Å². The number of aliphatic hydroxyl groups excluding tert-OH is 1. The molecule has 0 spiro atoms. The van der Waals surface area contributed by atoms with E-state index in [0.29, 0.717) is 36.9 Å². The van der Waals surface area contributed by atoms with Crippen molar-refractivity contribution in [2.75, 3.05) is 33.8 Å². The minimum atomic E-state index is -0.677. The van der Waals surface area contributed by atoms with Gasteiger partial charge in [-0.1, -0.05) is 56.3 Å². The number of ketones is 1. The minimum Gasteiger partial charge on any atom is -0.507 e. The maximum absolute atomic E-state index is 13.0. The van der Waals surface area contributed by atoms with Crippen molar-refractivity contribution in [3.8, 4) is 5.75 Å². The molecule has 170 valence electrons. The Balaban J connectivity index is 2.04. The first-order valence-electron chi connectivity index (χ1n) is 11.0. The Labute approximate surface area is 190 Å². The van der Waals surface area contributed by atoms with Gasteiger partial charge in [-0.3, -0.25) is 9.59 Å². The SMILES string of the molecule is CC(C)CCOc1cccc(C2C(=C(O)c3ccccc3)C(=O)C(=O)N2CCN(C)C)c1. The number of rotatable bonds is 9. The maximum atomic E-state index is 13.0. The Hall–Kier alpha value is -3.12. The van der Waals surface area contributed by atoms with E-state index in [9.17, 15) is 14.7 Å². The quantitative estimate of drug-likeness (QED) is 0.364. The minimum absolute atomic E-state index is 0.110. The molecule has 2 aromatic carbocycles. The summed E-state index contributed by atoms with van der Waals surface area (Å²) in [6.07, 6.45) is 0.930. The first-order chi connectivity index (χ1) is 15.3. The van der Waals surface area contributed by atoms with E-state index in [4.69, 9.17) is 4.74 Å². The molecule has 32 heavy (non-hydrogen) atoms. The second-order valence-electron chi connectivity index (χ2n) is 8.77. The van der Waals surface area contributed by atoms with Crippen LogP contribution in [0.25, 0.3) is 5.76 Å². The van der Waals surface area contributed by atoms with Crippen molar-refractivity contribution in [1.82, 2.24) is 9.80 Å². The molecule has 6 nitrogen and oxygen atoms in total. The molecule has 1 fully saturated rings. The van der Waals surface area contributed by atoms with Gasteiger partial charge in [0.25, 0.3) is 11.7 Å². The topological polar surface area (TPSA) is 70.1 Å². The van der Waals surface area contributed by atoms with Crippen LogP contribution in [-0.4, -0.2) is 60.4 Å². The van der Waals surface area contributed by atoms with Crippen LogP contribution in [0, 0.1) is 5.92 Å². The zero-order valence-corrected chi connectivity index (χ0v) is 19.2. The average molecular weight is 437 g/mol. The number of Topliss-reactive ketones (excluding diaryl/α,β-unsaturated/α-hetero) is 1. The summed E-state index contributed by atoms with van der Waals surface area (Å²) in [5.74, 6) is -0.211. The van der Waals surface area contributed by atoms with Crippen molar-refractivity contribution < 1.29 is 19.4 Å². The van der Waals surface area contributed by atoms with Crippen LogP contribution in [0.2, 0.25) is 0 Å². The molecule has 3 rings (SSSR count). The Bertz CT molecular complexity index is 982. The molecule has 1 N–H and O–H groups in total. The monoisotopic (exact) mass is 436 g/mol. The summed E-state index contributed by atoms with van der Waals surface area (Å²) in [7, 11) is 3.83. The fraction of sp³-hybridized carbons (Fsp3) is 0.385. The number of hydrogen-bond donors (Lipinski definition) is 1. The van der Waals surface area contributed by atoms with E-state index >= 15 is 0 Å². The van der Waals surface area contributed by atoms with E-state index in [1.807, 2.05) is 49.3 Å². The standard InChI is InChI=1S/C26H32N2O4/c1-18(2)13-16-32-21-12-8-11-20(17-21)23-22(24(29)19-9-6-5-7-10-19)25(30)26(31)28(23)15-14-27(3)4/h5-12,17-18,23,29H,13-16H2,1-4H3. The number of benzene rings is 2. The van der Waals surface area contributed by atoms with Crippen LogP contribution in [0.3, 0.4) is 0 Å². The molecule has 1 unspecified atom stereocenters. The lowest BCUT2D eigenvalue weighted by Crippen LogP contribution is -2.35. The van der Waals surface area contributed by atoms with Gasteiger partial charge >= 0.3 is 0 Å². The van der Waals surface area contributed by atoms with Crippen molar-refractivity contribution in [1.29, 1.82) is 0 Å². The molecular formula is C26H32N2O4. The van der Waals surface area contributed by atoms with Crippen molar-refractivity contribution in [2.45, 2.75) is 26.3 Å². The molecule has 6 heteroatoms. The number of amides is 1. The van der Waals surface area contributed by atoms with Crippen LogP contribution < -0.4 is 4.74 Å². The Morgan fingerprint density at radius 3 is 2.47 bits per heavy atom. The summed E-state index contributed by atoms with van der Waals surface area (Å²) in [4.78, 5) is 29.5. The lowest BCUT2D eigenvalue weighted by atomic mass is 9.95. The van der Waals surface area contributed by atoms with Gasteiger partial charge in [0, 0.05) is 18.7 Å². The molecule has 1 aliphatic heterocycles. The van der Waals surface area contributed by atoms with E-state index in [-0.39, 0.29) is 11.3 Å². The summed E-state index contributed by atoms with van der Waals surface area (Å²) in [6, 6.07) is 15.6. The molecule has 0 aromatic heterocycles. The maximum Gasteiger partial charge on any atom is 0.295 e. The van der Waals surface area contributed by atoms with E-state index in [2.05, 4.69) is 13.8 Å². The third-order valence-electron chi connectivity index (χ3n) is 5.51. The van der Waals surface area contributed by atoms with Crippen LogP contribution in [0.5, 0.6) is 5.75 Å². The van der Waals surface area contributed by atoms with Crippen molar-refractivity contribution >= 4 is 17.4 Å². The number of carbonyl (C=O) groups excluding carboxylic acids is 2. The lowest BCUT2D eigenvalue weighted by molar-refractivity contribution is -0.140. The van der Waals surface area contributed by atoms with Gasteiger partial charge in [0.15, 0.2) is 0 Å². The number of nitrogens with zero attached hydrogens (tertiary/aromatic N) is 2. The van der Waals surface area contributed by atoms with Crippen LogP contribution in [0.15, 0.2) is 60.2 Å². The highest BCUT2D eigenvalue weighted by molar-refractivity contribution is 6.46. The van der Waals surface area contributed by atoms with Gasteiger partial charge in [-0.05, 0) is 44.1 Å². The number of aliphatic hydroxyl groups is 1. The summed E-state index contributed by atoms with van der Waals surface area (Å²) in [5, 5.41) is 11.0. The zero-order chi connectivity index (χ0) is 23.3. The normalized spacial score (nSPS) is 18.1. The zero-order valence-electron chi connectivity index (χ0n) is 19.2. The lowest BCUT2D eigenvalue weighted by Gasteiger charge is -2.27. The molecule has 2 aromatic rings. The molecule has 0 radical (unpaired) electrons. The molecule has 1 amide bonds. The van der Waals surface area contributed by atoms with E-state index in [1.54, 1.807) is 29.2 Å². The summed E-state index contributed by atoms with van der Waals surface area (Å²) in [6.45, 7) is 5.83. The Morgan fingerprint density at radius 1 is 1.09 bits per heavy atom. The third kappa shape index (κ3) is 5.37. The van der Waals surface area contributed by atoms with Gasteiger partial charge in [-0.2, -0.15) is 0 Å². The Morgan fingerprint density at radius 2 is 1.81 bits per heavy atom. The average Bonchev–Trinajstić information content (AvgIpc) is 3.02. The molecule has 0 saturated carbocycles. The fourth-order valence-corrected chi connectivity index (χ4v) is 3.70. The summed E-state index contributed by atoms with van der Waals surface area (Å²) < 4.78 is 5.91. The van der Waals surface area contributed by atoms with Gasteiger partial charge in [0.1, 0.15) is 11.5 Å². The molecular weight excluding hydrogens is 404 g/mol. The van der Waals surface area contributed by atoms with Crippen molar-refractivity contribution in [3.63, 3.8) is 0 Å². The smallest absolute Gasteiger partial charge is 0.295 e. The first kappa shape index (κ1) is 23.5. The molecule has 0 bridgehead atoms. The predicted octanol–water partition coefficient (Wildman–Crippen LogP) is 4.09. The van der Waals surface area contributed by atoms with Gasteiger partial charge < -0.3 is 19.6 Å². The van der Waals surface area contributed by atoms with Crippen LogP contribution in [0.1, 0.15) is 37.4 Å². The second kappa shape index (κ2) is 10.5. The summed E-state index contributed by atoms with van der Waals surface area (Å²) in [5.41, 5.74) is 1.36. The van der Waals surface area contributed by atoms with Crippen molar-refractivity contribution in [2.24, 2.45) is 5.92 Å². The Kier molecular flexibility index (Phi) is 7.70. The molecule has 0 aliphatic carbocycles. The highest BCUT2D eigenvalue weighted by Crippen LogP contribution is 2.40. The second-order valence-corrected chi connectivity index (χ2v) is 8.77. The van der Waals surface area contributed by atoms with Crippen LogP contribution in [-0.2, 0) is 9.59 Å². The van der Waals surface area contributed by atoms with Gasteiger partial charge in [-0.15, -0.1) is 0 Å². The first-order valence-corrected chi connectivity index (χ1v) is 11.0. The number of ether oxygens (including phenoxy) is 1. The summed E-state index contributed by atoms with van der Waals surface area (Å²) >= 11 is 0. The number of carbonyl (C=O) groups is 2. The van der Waals surface area contributed by atoms with E-state index < -0.39 is 17.7 Å². The van der Waals surface area contributed by atoms with E-state index in [1.165, 1.54) is 0 Å². The predicted molar refractivity (Wildman–Crippen MR) is 125 cm³/mol. The highest BCUT2D eigenvalue weighted by atomic mass is 16.5. The number of likely N-dealkylation sites (tertiary alicyclic amines) is 1.